The minimum absolute atomic E-state index is 0.0297. The van der Waals surface area contributed by atoms with Crippen molar-refractivity contribution in [2.75, 3.05) is 29.6 Å². The summed E-state index contributed by atoms with van der Waals surface area (Å²) in [6, 6.07) is 6.59. The van der Waals surface area contributed by atoms with E-state index in [9.17, 15) is 22.8 Å². The molecule has 0 bridgehead atoms. The number of sulfonamides is 1. The summed E-state index contributed by atoms with van der Waals surface area (Å²) in [6.07, 6.45) is 4.84. The Morgan fingerprint density at radius 2 is 1.73 bits per heavy atom. The molecule has 1 aliphatic carbocycles. The highest BCUT2D eigenvalue weighted by atomic mass is 32.2. The van der Waals surface area contributed by atoms with Crippen molar-refractivity contribution in [3.63, 3.8) is 0 Å². The van der Waals surface area contributed by atoms with Gasteiger partial charge in [-0.15, -0.1) is 0 Å². The first kappa shape index (κ1) is 22.2. The predicted molar refractivity (Wildman–Crippen MR) is 113 cm³/mol. The van der Waals surface area contributed by atoms with Crippen LogP contribution in [0.4, 0.5) is 11.4 Å². The fraction of sp³-hybridized carbons (Fsp3) is 0.550. The Morgan fingerprint density at radius 3 is 2.27 bits per heavy atom. The zero-order valence-corrected chi connectivity index (χ0v) is 18.3. The third-order valence-electron chi connectivity index (χ3n) is 5.63. The summed E-state index contributed by atoms with van der Waals surface area (Å²) in [6.45, 7) is 2.52. The van der Waals surface area contributed by atoms with E-state index in [1.807, 2.05) is 0 Å². The minimum Gasteiger partial charge on any atom is -0.351 e. The van der Waals surface area contributed by atoms with Crippen LogP contribution in [0.3, 0.4) is 0 Å². The van der Waals surface area contributed by atoms with Gasteiger partial charge in [0.05, 0.1) is 12.8 Å². The average molecular weight is 437 g/mol. The van der Waals surface area contributed by atoms with Crippen LogP contribution in [-0.4, -0.2) is 61.4 Å². The lowest BCUT2D eigenvalue weighted by Crippen LogP contribution is -2.70. The van der Waals surface area contributed by atoms with Crippen molar-refractivity contribution in [1.29, 1.82) is 0 Å². The Balaban J connectivity index is 1.96. The van der Waals surface area contributed by atoms with Crippen LogP contribution in [0.15, 0.2) is 24.3 Å². The number of hydrogen-bond acceptors (Lipinski definition) is 5. The highest BCUT2D eigenvalue weighted by Crippen LogP contribution is 2.32. The van der Waals surface area contributed by atoms with Crippen LogP contribution in [0.2, 0.25) is 0 Å². The maximum absolute atomic E-state index is 13.3. The van der Waals surface area contributed by atoms with E-state index >= 15 is 0 Å². The Hall–Kier alpha value is -2.46. The van der Waals surface area contributed by atoms with Crippen molar-refractivity contribution in [2.45, 2.75) is 51.1 Å². The first-order valence-electron chi connectivity index (χ1n) is 9.97. The second kappa shape index (κ2) is 8.35. The van der Waals surface area contributed by atoms with Gasteiger partial charge in [-0.1, -0.05) is 12.8 Å². The number of amides is 3. The molecule has 1 saturated carbocycles. The zero-order valence-electron chi connectivity index (χ0n) is 17.5. The van der Waals surface area contributed by atoms with E-state index in [1.165, 1.54) is 11.8 Å². The van der Waals surface area contributed by atoms with E-state index in [4.69, 9.17) is 0 Å². The molecule has 0 spiro atoms. The third-order valence-corrected chi connectivity index (χ3v) is 6.83. The summed E-state index contributed by atoms with van der Waals surface area (Å²) in [5.41, 5.74) is -0.381. The lowest BCUT2D eigenvalue weighted by atomic mass is 9.94. The van der Waals surface area contributed by atoms with E-state index in [0.29, 0.717) is 11.4 Å². The molecular formula is C20H28N4O5S. The molecule has 1 heterocycles. The lowest BCUT2D eigenvalue weighted by molar-refractivity contribution is -0.133. The largest absolute Gasteiger partial charge is 0.351 e. The van der Waals surface area contributed by atoms with Gasteiger partial charge in [-0.05, 0) is 44.0 Å². The Morgan fingerprint density at radius 1 is 1.13 bits per heavy atom. The SMILES string of the molecule is CC(=O)Nc1ccc(N2C(=O)CN(S(C)(=O)=O)C[C@]2(C)C(=O)NC2CCCC2)cc1. The topological polar surface area (TPSA) is 116 Å². The van der Waals surface area contributed by atoms with Crippen molar-refractivity contribution < 1.29 is 22.8 Å². The van der Waals surface area contributed by atoms with Gasteiger partial charge in [0.25, 0.3) is 0 Å². The zero-order chi connectivity index (χ0) is 22.1. The molecule has 9 nitrogen and oxygen atoms in total. The number of nitrogens with one attached hydrogen (secondary N) is 2. The molecule has 2 aliphatic rings. The van der Waals surface area contributed by atoms with Gasteiger partial charge in [-0.2, -0.15) is 4.31 Å². The van der Waals surface area contributed by atoms with Gasteiger partial charge in [0.1, 0.15) is 5.54 Å². The molecule has 0 unspecified atom stereocenters. The maximum Gasteiger partial charge on any atom is 0.247 e. The van der Waals surface area contributed by atoms with Crippen LogP contribution in [-0.2, 0) is 24.4 Å². The van der Waals surface area contributed by atoms with E-state index in [-0.39, 0.29) is 30.9 Å². The maximum atomic E-state index is 13.3. The van der Waals surface area contributed by atoms with Crippen molar-refractivity contribution in [2.24, 2.45) is 0 Å². The van der Waals surface area contributed by atoms with Gasteiger partial charge in [-0.3, -0.25) is 19.3 Å². The van der Waals surface area contributed by atoms with Gasteiger partial charge in [0.15, 0.2) is 0 Å². The minimum atomic E-state index is -3.66. The smallest absolute Gasteiger partial charge is 0.247 e. The van der Waals surface area contributed by atoms with Gasteiger partial charge in [0, 0.05) is 30.9 Å². The van der Waals surface area contributed by atoms with Crippen LogP contribution in [0.1, 0.15) is 39.5 Å². The summed E-state index contributed by atoms with van der Waals surface area (Å²) in [4.78, 5) is 39.0. The summed E-state index contributed by atoms with van der Waals surface area (Å²) in [7, 11) is -3.66. The highest BCUT2D eigenvalue weighted by Gasteiger charge is 2.50. The monoisotopic (exact) mass is 436 g/mol. The number of nitrogens with zero attached hydrogens (tertiary/aromatic N) is 2. The first-order chi connectivity index (χ1) is 14.0. The number of hydrogen-bond donors (Lipinski definition) is 2. The highest BCUT2D eigenvalue weighted by molar-refractivity contribution is 7.88. The van der Waals surface area contributed by atoms with Gasteiger partial charge >= 0.3 is 0 Å². The summed E-state index contributed by atoms with van der Waals surface area (Å²) >= 11 is 0. The molecule has 2 N–H and O–H groups in total. The number of carbonyl (C=O) groups is 3. The summed E-state index contributed by atoms with van der Waals surface area (Å²) in [5.74, 6) is -1.08. The molecule has 1 saturated heterocycles. The van der Waals surface area contributed by atoms with E-state index in [1.54, 1.807) is 31.2 Å². The van der Waals surface area contributed by atoms with E-state index in [0.717, 1.165) is 36.2 Å². The van der Waals surface area contributed by atoms with Gasteiger partial charge < -0.3 is 10.6 Å². The molecule has 1 aliphatic heterocycles. The number of anilines is 2. The molecule has 1 atom stereocenters. The second-order valence-electron chi connectivity index (χ2n) is 8.22. The fourth-order valence-corrected chi connectivity index (χ4v) is 4.94. The lowest BCUT2D eigenvalue weighted by Gasteiger charge is -2.46. The average Bonchev–Trinajstić information content (AvgIpc) is 3.14. The van der Waals surface area contributed by atoms with E-state index < -0.39 is 21.5 Å². The number of rotatable bonds is 5. The first-order valence-corrected chi connectivity index (χ1v) is 11.8. The van der Waals surface area contributed by atoms with Crippen LogP contribution in [0.5, 0.6) is 0 Å². The molecular weight excluding hydrogens is 408 g/mol. The van der Waals surface area contributed by atoms with E-state index in [2.05, 4.69) is 10.6 Å². The molecule has 164 valence electrons. The van der Waals surface area contributed by atoms with Crippen molar-refractivity contribution in [1.82, 2.24) is 9.62 Å². The quantitative estimate of drug-likeness (QED) is 0.716. The standard InChI is InChI=1S/C20H28N4O5S/c1-14(25)21-16-8-10-17(11-9-16)24-18(26)12-23(30(3,28)29)13-20(24,2)19(27)22-15-6-4-5-7-15/h8-11,15H,4-7,12-13H2,1-3H3,(H,21,25)(H,22,27)/t20-/m1/s1. The molecule has 0 radical (unpaired) electrons. The van der Waals surface area contributed by atoms with Gasteiger partial charge in [0.2, 0.25) is 27.7 Å². The number of piperazine rings is 1. The van der Waals surface area contributed by atoms with Crippen molar-refractivity contribution >= 4 is 39.1 Å². The fourth-order valence-electron chi connectivity index (χ4n) is 4.11. The number of carbonyl (C=O) groups excluding carboxylic acids is 3. The molecule has 30 heavy (non-hydrogen) atoms. The molecule has 1 aromatic rings. The van der Waals surface area contributed by atoms with Crippen LogP contribution < -0.4 is 15.5 Å². The Labute approximate surface area is 176 Å². The van der Waals surface area contributed by atoms with Crippen LogP contribution in [0, 0.1) is 0 Å². The Bertz CT molecular complexity index is 940. The predicted octanol–water partition coefficient (Wildman–Crippen LogP) is 1.07. The normalized spacial score (nSPS) is 23.4. The molecule has 3 rings (SSSR count). The number of benzene rings is 1. The van der Waals surface area contributed by atoms with Crippen molar-refractivity contribution in [3.8, 4) is 0 Å². The summed E-state index contributed by atoms with van der Waals surface area (Å²) < 4.78 is 25.4. The summed E-state index contributed by atoms with van der Waals surface area (Å²) in [5, 5.41) is 5.66. The third kappa shape index (κ3) is 4.65. The molecule has 3 amide bonds. The molecule has 1 aromatic carbocycles. The molecule has 2 fully saturated rings. The van der Waals surface area contributed by atoms with Crippen LogP contribution in [0.25, 0.3) is 0 Å². The Kier molecular flexibility index (Phi) is 6.19. The molecule has 10 heteroatoms. The van der Waals surface area contributed by atoms with Crippen molar-refractivity contribution in [3.05, 3.63) is 24.3 Å². The second-order valence-corrected chi connectivity index (χ2v) is 10.2. The molecule has 0 aromatic heterocycles. The van der Waals surface area contributed by atoms with Crippen LogP contribution >= 0.6 is 0 Å². The van der Waals surface area contributed by atoms with Gasteiger partial charge in [-0.25, -0.2) is 8.42 Å².